The maximum absolute atomic E-state index is 11.6. The maximum Gasteiger partial charge on any atom is 0.343 e. The summed E-state index contributed by atoms with van der Waals surface area (Å²) in [6, 6.07) is 0. The van der Waals surface area contributed by atoms with Crippen LogP contribution in [0.1, 0.15) is 26.9 Å². The summed E-state index contributed by atoms with van der Waals surface area (Å²) in [4.78, 5) is 24.2. The van der Waals surface area contributed by atoms with Gasteiger partial charge in [-0.3, -0.25) is 0 Å². The fraction of sp³-hybridized carbons (Fsp3) is 0.333. The number of nitrogens with zero attached hydrogens (tertiary/aromatic N) is 3. The monoisotopic (exact) mass is 278 g/mol. The van der Waals surface area contributed by atoms with Crippen LogP contribution in [0.3, 0.4) is 0 Å². The highest BCUT2D eigenvalue weighted by Crippen LogP contribution is 2.15. The molecule has 0 aliphatic carbocycles. The molecule has 0 bridgehead atoms. The van der Waals surface area contributed by atoms with Crippen LogP contribution in [0.25, 0.3) is 0 Å². The summed E-state index contributed by atoms with van der Waals surface area (Å²) in [7, 11) is 1.33. The van der Waals surface area contributed by atoms with Gasteiger partial charge in [-0.25, -0.2) is 19.7 Å². The zero-order valence-electron chi connectivity index (χ0n) is 10.9. The third-order valence-electron chi connectivity index (χ3n) is 2.39. The van der Waals surface area contributed by atoms with E-state index in [9.17, 15) is 4.79 Å². The van der Waals surface area contributed by atoms with Gasteiger partial charge in [-0.1, -0.05) is 0 Å². The summed E-state index contributed by atoms with van der Waals surface area (Å²) in [5.74, 6) is 0.593. The number of nitrogens with one attached hydrogen (secondary N) is 1. The van der Waals surface area contributed by atoms with E-state index >= 15 is 0 Å². The first-order valence-corrected chi connectivity index (χ1v) is 6.55. The van der Waals surface area contributed by atoms with Crippen LogP contribution >= 0.6 is 11.3 Å². The van der Waals surface area contributed by atoms with E-state index in [0.29, 0.717) is 23.8 Å². The minimum Gasteiger partial charge on any atom is -0.465 e. The van der Waals surface area contributed by atoms with E-state index in [2.05, 4.69) is 20.3 Å². The van der Waals surface area contributed by atoms with Crippen molar-refractivity contribution in [1.82, 2.24) is 15.0 Å². The molecule has 0 saturated carbocycles. The van der Waals surface area contributed by atoms with Crippen LogP contribution in [-0.4, -0.2) is 28.0 Å². The molecule has 0 aliphatic heterocycles. The molecule has 0 spiro atoms. The van der Waals surface area contributed by atoms with E-state index in [-0.39, 0.29) is 0 Å². The van der Waals surface area contributed by atoms with E-state index in [0.717, 1.165) is 10.7 Å². The molecule has 0 aromatic carbocycles. The summed E-state index contributed by atoms with van der Waals surface area (Å²) >= 11 is 1.56. The Bertz CT molecular complexity index is 597. The van der Waals surface area contributed by atoms with E-state index in [1.807, 2.05) is 12.3 Å². The molecular formula is C12H14N4O2S. The first-order chi connectivity index (χ1) is 9.10. The van der Waals surface area contributed by atoms with Gasteiger partial charge in [0, 0.05) is 17.3 Å². The van der Waals surface area contributed by atoms with Gasteiger partial charge in [-0.05, 0) is 13.8 Å². The Labute approximate surface area is 114 Å². The molecule has 7 heteroatoms. The minimum atomic E-state index is -0.460. The molecule has 1 N–H and O–H groups in total. The van der Waals surface area contributed by atoms with Crippen molar-refractivity contribution >= 4 is 23.1 Å². The third-order valence-corrected chi connectivity index (χ3v) is 3.35. The number of thiazole rings is 1. The van der Waals surface area contributed by atoms with E-state index in [4.69, 9.17) is 4.74 Å². The summed E-state index contributed by atoms with van der Waals surface area (Å²) in [6.07, 6.45) is 1.46. The number of esters is 1. The van der Waals surface area contributed by atoms with Crippen LogP contribution in [0.4, 0.5) is 5.82 Å². The standard InChI is InChI=1S/C12H14N4O2S/c1-7-6-19-10(15-7)5-14-11-9(12(17)18-3)4-13-8(2)16-11/h4,6H,5H2,1-3H3,(H,13,14,16). The zero-order valence-corrected chi connectivity index (χ0v) is 11.7. The largest absolute Gasteiger partial charge is 0.465 e. The molecule has 0 saturated heterocycles. The van der Waals surface area contributed by atoms with Crippen molar-refractivity contribution in [3.8, 4) is 0 Å². The van der Waals surface area contributed by atoms with Crippen LogP contribution in [-0.2, 0) is 11.3 Å². The fourth-order valence-corrected chi connectivity index (χ4v) is 2.22. The molecule has 6 nitrogen and oxygen atoms in total. The van der Waals surface area contributed by atoms with Crippen molar-refractivity contribution < 1.29 is 9.53 Å². The molecule has 2 aromatic heterocycles. The Balaban J connectivity index is 2.18. The average molecular weight is 278 g/mol. The second-order valence-electron chi connectivity index (χ2n) is 3.91. The smallest absolute Gasteiger partial charge is 0.343 e. The lowest BCUT2D eigenvalue weighted by Crippen LogP contribution is -2.11. The molecule has 0 atom stereocenters. The quantitative estimate of drug-likeness (QED) is 0.861. The number of aromatic nitrogens is 3. The van der Waals surface area contributed by atoms with Crippen LogP contribution in [0.5, 0.6) is 0 Å². The number of methoxy groups -OCH3 is 1. The molecule has 0 fully saturated rings. The third kappa shape index (κ3) is 3.25. The van der Waals surface area contributed by atoms with Gasteiger partial charge in [0.1, 0.15) is 22.2 Å². The minimum absolute atomic E-state index is 0.321. The summed E-state index contributed by atoms with van der Waals surface area (Å²) in [5.41, 5.74) is 1.30. The molecule has 0 unspecified atom stereocenters. The van der Waals surface area contributed by atoms with Gasteiger partial charge in [0.05, 0.1) is 13.7 Å². The second-order valence-corrected chi connectivity index (χ2v) is 4.85. The number of carbonyl (C=O) groups is 1. The van der Waals surface area contributed by atoms with Crippen LogP contribution in [0, 0.1) is 13.8 Å². The zero-order chi connectivity index (χ0) is 13.8. The maximum atomic E-state index is 11.6. The molecule has 2 aromatic rings. The predicted molar refractivity (Wildman–Crippen MR) is 72.3 cm³/mol. The molecule has 2 rings (SSSR count). The highest BCUT2D eigenvalue weighted by atomic mass is 32.1. The number of ether oxygens (including phenoxy) is 1. The summed E-state index contributed by atoms with van der Waals surface area (Å²) in [5, 5.41) is 6.01. The number of rotatable bonds is 4. The Morgan fingerprint density at radius 2 is 2.21 bits per heavy atom. The molecular weight excluding hydrogens is 264 g/mol. The van der Waals surface area contributed by atoms with Gasteiger partial charge in [0.15, 0.2) is 0 Å². The van der Waals surface area contributed by atoms with Crippen LogP contribution < -0.4 is 5.32 Å². The summed E-state index contributed by atoms with van der Waals surface area (Å²) < 4.78 is 4.70. The molecule has 0 amide bonds. The normalized spacial score (nSPS) is 10.3. The molecule has 0 radical (unpaired) electrons. The van der Waals surface area contributed by atoms with Crippen molar-refractivity contribution in [3.05, 3.63) is 33.7 Å². The van der Waals surface area contributed by atoms with Gasteiger partial charge < -0.3 is 10.1 Å². The summed E-state index contributed by atoms with van der Waals surface area (Å²) in [6.45, 7) is 4.22. The van der Waals surface area contributed by atoms with Gasteiger partial charge in [-0.2, -0.15) is 0 Å². The first kappa shape index (κ1) is 13.4. The Hall–Kier alpha value is -2.02. The number of carbonyl (C=O) groups excluding carboxylic acids is 1. The van der Waals surface area contributed by atoms with Crippen molar-refractivity contribution in [2.75, 3.05) is 12.4 Å². The van der Waals surface area contributed by atoms with Gasteiger partial charge in [0.2, 0.25) is 0 Å². The van der Waals surface area contributed by atoms with Crippen molar-refractivity contribution in [1.29, 1.82) is 0 Å². The van der Waals surface area contributed by atoms with Crippen LogP contribution in [0.2, 0.25) is 0 Å². The highest BCUT2D eigenvalue weighted by Gasteiger charge is 2.14. The second kappa shape index (κ2) is 5.75. The van der Waals surface area contributed by atoms with Gasteiger partial charge in [0.25, 0.3) is 0 Å². The lowest BCUT2D eigenvalue weighted by molar-refractivity contribution is 0.0601. The predicted octanol–water partition coefficient (Wildman–Crippen LogP) is 1.95. The molecule has 19 heavy (non-hydrogen) atoms. The van der Waals surface area contributed by atoms with E-state index in [1.165, 1.54) is 13.3 Å². The molecule has 2 heterocycles. The van der Waals surface area contributed by atoms with Gasteiger partial charge >= 0.3 is 5.97 Å². The van der Waals surface area contributed by atoms with Crippen molar-refractivity contribution in [2.24, 2.45) is 0 Å². The topological polar surface area (TPSA) is 77.0 Å². The lowest BCUT2D eigenvalue weighted by Gasteiger charge is -2.08. The van der Waals surface area contributed by atoms with E-state index < -0.39 is 5.97 Å². The van der Waals surface area contributed by atoms with Gasteiger partial charge in [-0.15, -0.1) is 11.3 Å². The Morgan fingerprint density at radius 1 is 1.42 bits per heavy atom. The van der Waals surface area contributed by atoms with E-state index in [1.54, 1.807) is 18.3 Å². The molecule has 100 valence electrons. The lowest BCUT2D eigenvalue weighted by atomic mass is 10.3. The van der Waals surface area contributed by atoms with Crippen molar-refractivity contribution in [2.45, 2.75) is 20.4 Å². The average Bonchev–Trinajstić information content (AvgIpc) is 2.81. The van der Waals surface area contributed by atoms with Crippen molar-refractivity contribution in [3.63, 3.8) is 0 Å². The number of hydrogen-bond acceptors (Lipinski definition) is 7. The molecule has 0 aliphatic rings. The van der Waals surface area contributed by atoms with Crippen LogP contribution in [0.15, 0.2) is 11.6 Å². The Morgan fingerprint density at radius 3 is 2.84 bits per heavy atom. The number of aryl methyl sites for hydroxylation is 2. The Kier molecular flexibility index (Phi) is 4.06. The number of hydrogen-bond donors (Lipinski definition) is 1. The number of anilines is 1. The fourth-order valence-electron chi connectivity index (χ4n) is 1.51. The SMILES string of the molecule is COC(=O)c1cnc(C)nc1NCc1nc(C)cs1. The highest BCUT2D eigenvalue weighted by molar-refractivity contribution is 7.09. The first-order valence-electron chi connectivity index (χ1n) is 5.67.